The molecule has 0 saturated heterocycles. The third-order valence-electron chi connectivity index (χ3n) is 3.48. The van der Waals surface area contributed by atoms with Crippen LogP contribution >= 0.6 is 22.6 Å². The highest BCUT2D eigenvalue weighted by Crippen LogP contribution is 2.26. The molecule has 0 atom stereocenters. The van der Waals surface area contributed by atoms with Gasteiger partial charge in [-0.2, -0.15) is 10.2 Å². The Hall–Kier alpha value is -1.64. The number of allylic oxidation sites excluding steroid dienone is 1. The molecule has 7 heteroatoms. The van der Waals surface area contributed by atoms with Crippen molar-refractivity contribution in [2.24, 2.45) is 12.2 Å². The van der Waals surface area contributed by atoms with Crippen molar-refractivity contribution < 1.29 is 5.21 Å². The summed E-state index contributed by atoms with van der Waals surface area (Å²) in [5.74, 6) is 0.382. The first-order chi connectivity index (χ1) is 10.3. The van der Waals surface area contributed by atoms with Crippen molar-refractivity contribution >= 4 is 40.6 Å². The summed E-state index contributed by atoms with van der Waals surface area (Å²) in [4.78, 5) is 0. The maximum atomic E-state index is 8.99. The average molecular weight is 413 g/mol. The van der Waals surface area contributed by atoms with Gasteiger partial charge in [0.1, 0.15) is 3.70 Å². The summed E-state index contributed by atoms with van der Waals surface area (Å²) in [5, 5.41) is 21.1. The van der Waals surface area contributed by atoms with Crippen molar-refractivity contribution in [1.82, 2.24) is 19.6 Å². The fraction of sp³-hybridized carbons (Fsp3) is 0.400. The van der Waals surface area contributed by atoms with E-state index in [-0.39, 0.29) is 0 Å². The number of oxime groups is 1. The van der Waals surface area contributed by atoms with Crippen molar-refractivity contribution in [3.63, 3.8) is 0 Å². The first kappa shape index (κ1) is 16.7. The van der Waals surface area contributed by atoms with Crippen LogP contribution in [0.15, 0.2) is 11.4 Å². The normalized spacial score (nSPS) is 12.8. The van der Waals surface area contributed by atoms with Gasteiger partial charge in [0.2, 0.25) is 0 Å². The minimum atomic E-state index is 0.382. The Morgan fingerprint density at radius 2 is 2.05 bits per heavy atom. The fourth-order valence-electron chi connectivity index (χ4n) is 2.52. The van der Waals surface area contributed by atoms with Gasteiger partial charge in [0.25, 0.3) is 0 Å². The first-order valence-electron chi connectivity index (χ1n) is 7.00. The van der Waals surface area contributed by atoms with Crippen molar-refractivity contribution in [3.05, 3.63) is 32.4 Å². The van der Waals surface area contributed by atoms with Crippen LogP contribution in [-0.2, 0) is 7.05 Å². The number of aromatic nitrogens is 4. The Morgan fingerprint density at radius 1 is 1.36 bits per heavy atom. The lowest BCUT2D eigenvalue weighted by Crippen LogP contribution is -2.04. The van der Waals surface area contributed by atoms with Crippen LogP contribution in [0.1, 0.15) is 42.3 Å². The molecule has 0 amide bonds. The number of hydrogen-bond acceptors (Lipinski definition) is 4. The van der Waals surface area contributed by atoms with Crippen LogP contribution in [0.3, 0.4) is 0 Å². The lowest BCUT2D eigenvalue weighted by Gasteiger charge is -2.07. The molecule has 0 aliphatic heterocycles. The molecule has 6 nitrogen and oxygen atoms in total. The number of rotatable bonds is 4. The number of nitrogens with zero attached hydrogens (tertiary/aromatic N) is 5. The van der Waals surface area contributed by atoms with Crippen LogP contribution in [0.4, 0.5) is 0 Å². The quantitative estimate of drug-likeness (QED) is 0.362. The smallest absolute Gasteiger partial charge is 0.127 e. The van der Waals surface area contributed by atoms with Gasteiger partial charge in [0, 0.05) is 30.1 Å². The second kappa shape index (κ2) is 6.64. The van der Waals surface area contributed by atoms with E-state index in [1.165, 1.54) is 11.8 Å². The van der Waals surface area contributed by atoms with Crippen molar-refractivity contribution in [2.75, 3.05) is 0 Å². The van der Waals surface area contributed by atoms with Crippen molar-refractivity contribution in [3.8, 4) is 0 Å². The molecular weight excluding hydrogens is 393 g/mol. The van der Waals surface area contributed by atoms with Gasteiger partial charge in [-0.1, -0.05) is 19.0 Å². The Labute approximate surface area is 143 Å². The predicted octanol–water partition coefficient (Wildman–Crippen LogP) is 3.42. The molecule has 118 valence electrons. The number of aryl methyl sites for hydroxylation is 2. The zero-order chi connectivity index (χ0) is 16.4. The van der Waals surface area contributed by atoms with E-state index in [9.17, 15) is 0 Å². The van der Waals surface area contributed by atoms with Crippen LogP contribution in [0, 0.1) is 17.5 Å². The summed E-state index contributed by atoms with van der Waals surface area (Å²) >= 11 is 2.24. The van der Waals surface area contributed by atoms with Gasteiger partial charge in [0.15, 0.2) is 0 Å². The summed E-state index contributed by atoms with van der Waals surface area (Å²) in [6, 6.07) is 0. The minimum Gasteiger partial charge on any atom is -0.411 e. The van der Waals surface area contributed by atoms with E-state index in [0.717, 1.165) is 20.7 Å². The summed E-state index contributed by atoms with van der Waals surface area (Å²) in [7, 11) is 1.88. The molecule has 2 aromatic heterocycles. The Balaban J connectivity index is 2.59. The lowest BCUT2D eigenvalue weighted by atomic mass is 10.1. The van der Waals surface area contributed by atoms with E-state index < -0.39 is 0 Å². The molecule has 1 N–H and O–H groups in total. The topological polar surface area (TPSA) is 68.2 Å². The third-order valence-corrected chi connectivity index (χ3v) is 4.28. The van der Waals surface area contributed by atoms with E-state index in [2.05, 4.69) is 51.8 Å². The highest BCUT2D eigenvalue weighted by atomic mass is 127. The second-order valence-corrected chi connectivity index (χ2v) is 6.54. The molecule has 22 heavy (non-hydrogen) atoms. The van der Waals surface area contributed by atoms with Gasteiger partial charge in [-0.05, 0) is 48.4 Å². The maximum Gasteiger partial charge on any atom is 0.127 e. The van der Waals surface area contributed by atoms with Gasteiger partial charge in [0.05, 0.1) is 17.6 Å². The van der Waals surface area contributed by atoms with Crippen LogP contribution in [-0.4, -0.2) is 31.0 Å². The summed E-state index contributed by atoms with van der Waals surface area (Å²) < 4.78 is 4.53. The van der Waals surface area contributed by atoms with E-state index >= 15 is 0 Å². The monoisotopic (exact) mass is 413 g/mol. The van der Waals surface area contributed by atoms with Gasteiger partial charge in [-0.3, -0.25) is 4.68 Å². The van der Waals surface area contributed by atoms with E-state index in [1.54, 1.807) is 4.68 Å². The number of hydrogen-bond donors (Lipinski definition) is 1. The van der Waals surface area contributed by atoms with E-state index in [0.29, 0.717) is 11.6 Å². The van der Waals surface area contributed by atoms with Gasteiger partial charge in [-0.15, -0.1) is 0 Å². The number of halogens is 1. The molecule has 2 heterocycles. The Morgan fingerprint density at radius 3 is 2.50 bits per heavy atom. The summed E-state index contributed by atoms with van der Waals surface area (Å²) in [5.41, 5.74) is 4.83. The van der Waals surface area contributed by atoms with Crippen LogP contribution in [0.5, 0.6) is 0 Å². The first-order valence-corrected chi connectivity index (χ1v) is 8.07. The molecule has 0 aliphatic carbocycles. The molecule has 0 spiro atoms. The van der Waals surface area contributed by atoms with Crippen LogP contribution < -0.4 is 0 Å². The minimum absolute atomic E-state index is 0.382. The molecule has 0 unspecified atom stereocenters. The molecule has 0 fully saturated rings. The van der Waals surface area contributed by atoms with Crippen molar-refractivity contribution in [1.29, 1.82) is 0 Å². The van der Waals surface area contributed by atoms with Crippen molar-refractivity contribution in [2.45, 2.75) is 33.6 Å². The Kier molecular flexibility index (Phi) is 5.05. The van der Waals surface area contributed by atoms with Gasteiger partial charge >= 0.3 is 0 Å². The molecule has 2 rings (SSSR count). The molecule has 0 radical (unpaired) electrons. The fourth-order valence-corrected chi connectivity index (χ4v) is 3.75. The van der Waals surface area contributed by atoms with E-state index in [1.807, 2.05) is 37.8 Å². The third kappa shape index (κ3) is 3.23. The van der Waals surface area contributed by atoms with E-state index in [4.69, 9.17) is 5.21 Å². The van der Waals surface area contributed by atoms with Crippen LogP contribution in [0.2, 0.25) is 0 Å². The maximum absolute atomic E-state index is 8.99. The van der Waals surface area contributed by atoms with Gasteiger partial charge < -0.3 is 5.21 Å². The zero-order valence-corrected chi connectivity index (χ0v) is 15.5. The predicted molar refractivity (Wildman–Crippen MR) is 96.2 cm³/mol. The average Bonchev–Trinajstić information content (AvgIpc) is 2.88. The highest BCUT2D eigenvalue weighted by Gasteiger charge is 2.17. The zero-order valence-electron chi connectivity index (χ0n) is 13.4. The molecule has 2 aromatic rings. The molecule has 0 aromatic carbocycles. The molecule has 0 aliphatic rings. The second-order valence-electron chi connectivity index (χ2n) is 5.51. The molecule has 0 saturated carbocycles. The standard InChI is InChI=1S/C15H20IN5O/c1-9(2)14-11(4)21(19-15(14)16)13(7-17-22)6-12-8-20(5)18-10(12)3/h6-9,22H,1-5H3/b13-6+,17-7+. The summed E-state index contributed by atoms with van der Waals surface area (Å²) in [6.45, 7) is 8.26. The highest BCUT2D eigenvalue weighted by molar-refractivity contribution is 14.1. The van der Waals surface area contributed by atoms with Gasteiger partial charge in [-0.25, -0.2) is 4.68 Å². The van der Waals surface area contributed by atoms with Crippen LogP contribution in [0.25, 0.3) is 11.8 Å². The SMILES string of the molecule is Cc1nn(C)cc1/C=C(\C=N\O)n1nc(I)c(C(C)C)c1C. The molecule has 0 bridgehead atoms. The summed E-state index contributed by atoms with van der Waals surface area (Å²) in [6.07, 6.45) is 5.24. The Bertz CT molecular complexity index is 739. The molecular formula is C15H20IN5O. The lowest BCUT2D eigenvalue weighted by molar-refractivity contribution is 0.322. The largest absolute Gasteiger partial charge is 0.411 e.